The van der Waals surface area contributed by atoms with Crippen molar-refractivity contribution in [3.63, 3.8) is 0 Å². The van der Waals surface area contributed by atoms with Crippen molar-refractivity contribution in [1.29, 1.82) is 0 Å². The SMILES string of the molecule is O=C(CS(=O)c1ccc(S(=O)C(F)(F)C(F)(F)C(F)(F)F)cc1[N+](=O)[O-])Nc1cccc(C(F)(F)F)c1. The van der Waals surface area contributed by atoms with E-state index in [0.29, 0.717) is 18.2 Å². The van der Waals surface area contributed by atoms with E-state index in [4.69, 9.17) is 0 Å². The van der Waals surface area contributed by atoms with E-state index in [0.717, 1.165) is 12.1 Å². The number of rotatable bonds is 8. The summed E-state index contributed by atoms with van der Waals surface area (Å²) in [6, 6.07) is 3.63. The molecule has 0 spiro atoms. The molecule has 2 unspecified atom stereocenters. The molecule has 37 heavy (non-hydrogen) atoms. The van der Waals surface area contributed by atoms with Crippen molar-refractivity contribution in [3.8, 4) is 0 Å². The molecule has 2 atom stereocenters. The number of carbonyl (C=O) groups excluding carboxylic acids is 1. The molecule has 0 aliphatic carbocycles. The summed E-state index contributed by atoms with van der Waals surface area (Å²) in [5.41, 5.74) is -2.97. The van der Waals surface area contributed by atoms with Crippen LogP contribution in [0.2, 0.25) is 0 Å². The Morgan fingerprint density at radius 3 is 2.03 bits per heavy atom. The van der Waals surface area contributed by atoms with Gasteiger partial charge in [0, 0.05) is 11.8 Å². The van der Waals surface area contributed by atoms with Gasteiger partial charge in [-0.3, -0.25) is 19.1 Å². The summed E-state index contributed by atoms with van der Waals surface area (Å²) >= 11 is 0. The van der Waals surface area contributed by atoms with Gasteiger partial charge in [0.25, 0.3) is 5.69 Å². The molecule has 2 aromatic carbocycles. The lowest BCUT2D eigenvalue weighted by Crippen LogP contribution is -2.54. The van der Waals surface area contributed by atoms with Crippen LogP contribution >= 0.6 is 0 Å². The maximum absolute atomic E-state index is 13.7. The monoisotopic (exact) mass is 588 g/mol. The summed E-state index contributed by atoms with van der Waals surface area (Å²) < 4.78 is 153. The first-order valence-corrected chi connectivity index (χ1v) is 11.5. The van der Waals surface area contributed by atoms with Crippen LogP contribution in [0.3, 0.4) is 0 Å². The highest BCUT2D eigenvalue weighted by molar-refractivity contribution is 7.86. The standard InChI is InChI=1S/C18H10F10N2O5S2/c19-15(20,21)9-2-1-3-10(6-9)29-14(31)8-36(34)13-5-4-11(7-12(13)30(32)33)37(35)18(27,28)16(22,23)17(24,25)26/h1-7H,8H2,(H,29,31). The van der Waals surface area contributed by atoms with Gasteiger partial charge in [-0.05, 0) is 30.3 Å². The van der Waals surface area contributed by atoms with Crippen LogP contribution in [0.1, 0.15) is 5.56 Å². The zero-order chi connectivity index (χ0) is 28.6. The average Bonchev–Trinajstić information content (AvgIpc) is 2.76. The van der Waals surface area contributed by atoms with Crippen molar-refractivity contribution < 1.29 is 62.0 Å². The number of benzene rings is 2. The fraction of sp³-hybridized carbons (Fsp3) is 0.278. The van der Waals surface area contributed by atoms with E-state index in [1.807, 2.05) is 5.32 Å². The lowest BCUT2D eigenvalue weighted by atomic mass is 10.2. The van der Waals surface area contributed by atoms with E-state index in [1.165, 1.54) is 0 Å². The zero-order valence-corrected chi connectivity index (χ0v) is 19.0. The third-order valence-corrected chi connectivity index (χ3v) is 7.04. The first kappa shape index (κ1) is 30.1. The van der Waals surface area contributed by atoms with Crippen LogP contribution in [-0.2, 0) is 32.6 Å². The van der Waals surface area contributed by atoms with Crippen LogP contribution in [0, 0.1) is 10.1 Å². The number of hydrogen-bond acceptors (Lipinski definition) is 5. The third kappa shape index (κ3) is 6.43. The van der Waals surface area contributed by atoms with Gasteiger partial charge in [-0.25, -0.2) is 4.21 Å². The van der Waals surface area contributed by atoms with Crippen molar-refractivity contribution in [2.75, 3.05) is 11.1 Å². The normalized spacial score (nSPS) is 14.6. The fourth-order valence-electron chi connectivity index (χ4n) is 2.54. The molecule has 2 aromatic rings. The third-order valence-electron chi connectivity index (χ3n) is 4.28. The minimum absolute atomic E-state index is 0.0750. The van der Waals surface area contributed by atoms with Gasteiger partial charge in [0.1, 0.15) is 21.4 Å². The maximum atomic E-state index is 13.7. The van der Waals surface area contributed by atoms with E-state index in [9.17, 15) is 67.2 Å². The van der Waals surface area contributed by atoms with E-state index >= 15 is 0 Å². The summed E-state index contributed by atoms with van der Waals surface area (Å²) in [4.78, 5) is 19.4. The summed E-state index contributed by atoms with van der Waals surface area (Å²) in [6.45, 7) is 0. The molecule has 0 saturated carbocycles. The first-order valence-electron chi connectivity index (χ1n) is 9.08. The first-order chi connectivity index (χ1) is 16.7. The van der Waals surface area contributed by atoms with Crippen LogP contribution in [0.25, 0.3) is 0 Å². The topological polar surface area (TPSA) is 106 Å². The number of nitro groups is 1. The molecule has 0 radical (unpaired) electrons. The molecule has 0 bridgehead atoms. The van der Waals surface area contributed by atoms with Crippen LogP contribution in [-0.4, -0.2) is 42.4 Å². The molecule has 0 fully saturated rings. The smallest absolute Gasteiger partial charge is 0.325 e. The van der Waals surface area contributed by atoms with Gasteiger partial charge in [-0.15, -0.1) is 0 Å². The van der Waals surface area contributed by atoms with Crippen molar-refractivity contribution in [1.82, 2.24) is 0 Å². The Morgan fingerprint density at radius 1 is 0.919 bits per heavy atom. The molecule has 204 valence electrons. The maximum Gasteiger partial charge on any atom is 0.461 e. The molecule has 0 aliphatic rings. The second-order valence-electron chi connectivity index (χ2n) is 6.86. The number of nitro benzene ring substituents is 1. The Kier molecular flexibility index (Phi) is 8.43. The fourth-order valence-corrected chi connectivity index (χ4v) is 4.65. The number of hydrogen-bond donors (Lipinski definition) is 1. The lowest BCUT2D eigenvalue weighted by Gasteiger charge is -2.27. The average molecular weight is 588 g/mol. The number of halogens is 10. The van der Waals surface area contributed by atoms with Gasteiger partial charge in [-0.1, -0.05) is 6.07 Å². The molecule has 0 heterocycles. The summed E-state index contributed by atoms with van der Waals surface area (Å²) in [5.74, 6) is -9.15. The summed E-state index contributed by atoms with van der Waals surface area (Å²) in [7, 11) is -7.19. The number of nitrogens with one attached hydrogen (secondary N) is 1. The lowest BCUT2D eigenvalue weighted by molar-refractivity contribution is -0.388. The highest BCUT2D eigenvalue weighted by Gasteiger charge is 2.76. The molecular formula is C18H10F10N2O5S2. The number of alkyl halides is 10. The minimum Gasteiger partial charge on any atom is -0.325 e. The van der Waals surface area contributed by atoms with Gasteiger partial charge in [0.05, 0.1) is 26.2 Å². The molecule has 19 heteroatoms. The van der Waals surface area contributed by atoms with Crippen molar-refractivity contribution in [3.05, 3.63) is 58.1 Å². The van der Waals surface area contributed by atoms with Crippen molar-refractivity contribution in [2.24, 2.45) is 0 Å². The largest absolute Gasteiger partial charge is 0.461 e. The Bertz CT molecular complexity index is 1260. The quantitative estimate of drug-likeness (QED) is 0.258. The molecule has 2 rings (SSSR count). The molecule has 0 aromatic heterocycles. The number of amides is 1. The zero-order valence-electron chi connectivity index (χ0n) is 17.3. The summed E-state index contributed by atoms with van der Waals surface area (Å²) in [5, 5.41) is 6.95. The van der Waals surface area contributed by atoms with E-state index in [-0.39, 0.29) is 12.1 Å². The van der Waals surface area contributed by atoms with Gasteiger partial charge in [-0.2, -0.15) is 43.9 Å². The highest BCUT2D eigenvalue weighted by atomic mass is 32.2. The second-order valence-corrected chi connectivity index (χ2v) is 9.80. The molecule has 1 N–H and O–H groups in total. The van der Waals surface area contributed by atoms with E-state index < -0.39 is 88.4 Å². The van der Waals surface area contributed by atoms with Crippen molar-refractivity contribution >= 4 is 38.9 Å². The Labute approximate surface area is 203 Å². The predicted octanol–water partition coefficient (Wildman–Crippen LogP) is 5.26. The highest BCUT2D eigenvalue weighted by Crippen LogP contribution is 2.49. The minimum atomic E-state index is -6.83. The number of nitrogens with zero attached hydrogens (tertiary/aromatic N) is 1. The Balaban J connectivity index is 2.32. The van der Waals surface area contributed by atoms with E-state index in [2.05, 4.69) is 0 Å². The van der Waals surface area contributed by atoms with Crippen LogP contribution in [0.4, 0.5) is 55.3 Å². The van der Waals surface area contributed by atoms with Gasteiger partial charge in [0.2, 0.25) is 5.91 Å². The molecule has 0 aliphatic heterocycles. The number of carbonyl (C=O) groups is 1. The van der Waals surface area contributed by atoms with Crippen LogP contribution in [0.5, 0.6) is 0 Å². The van der Waals surface area contributed by atoms with Crippen molar-refractivity contribution in [2.45, 2.75) is 33.3 Å². The Morgan fingerprint density at radius 2 is 1.51 bits per heavy atom. The van der Waals surface area contributed by atoms with E-state index in [1.54, 1.807) is 0 Å². The molecule has 0 saturated heterocycles. The molecular weight excluding hydrogens is 578 g/mol. The predicted molar refractivity (Wildman–Crippen MR) is 107 cm³/mol. The summed E-state index contributed by atoms with van der Waals surface area (Å²) in [6.07, 6.45) is -11.6. The van der Waals surface area contributed by atoms with Crippen LogP contribution in [0.15, 0.2) is 52.3 Å². The second kappa shape index (κ2) is 10.3. The van der Waals surface area contributed by atoms with Gasteiger partial charge >= 0.3 is 23.5 Å². The van der Waals surface area contributed by atoms with Gasteiger partial charge in [0.15, 0.2) is 0 Å². The molecule has 7 nitrogen and oxygen atoms in total. The number of anilines is 1. The Hall–Kier alpha value is -3.09. The van der Waals surface area contributed by atoms with Crippen LogP contribution < -0.4 is 5.32 Å². The molecule has 1 amide bonds. The van der Waals surface area contributed by atoms with Gasteiger partial charge < -0.3 is 5.32 Å².